The second-order valence-electron chi connectivity index (χ2n) is 5.00. The number of nitrogens with two attached hydrogens (primary N) is 1. The third-order valence-corrected chi connectivity index (χ3v) is 2.80. The Labute approximate surface area is 107 Å². The quantitative estimate of drug-likeness (QED) is 0.705. The number of benzene rings is 1. The van der Waals surface area contributed by atoms with Gasteiger partial charge in [0.2, 0.25) is 5.96 Å². The van der Waals surface area contributed by atoms with Crippen LogP contribution in [0.4, 0.5) is 5.69 Å². The van der Waals surface area contributed by atoms with Gasteiger partial charge < -0.3 is 11.1 Å². The first-order valence-corrected chi connectivity index (χ1v) is 5.92. The molecule has 0 saturated carbocycles. The molecule has 5 nitrogen and oxygen atoms in total. The SMILES string of the molecule is Cc1ccc(NC2=NC(C)(C)N=C(N)N2)cc1C. The van der Waals surface area contributed by atoms with Crippen LogP contribution < -0.4 is 16.4 Å². The van der Waals surface area contributed by atoms with Crippen molar-refractivity contribution in [2.45, 2.75) is 33.4 Å². The minimum absolute atomic E-state index is 0.376. The van der Waals surface area contributed by atoms with Crippen molar-refractivity contribution in [3.63, 3.8) is 0 Å². The van der Waals surface area contributed by atoms with Crippen molar-refractivity contribution in [1.82, 2.24) is 5.32 Å². The fraction of sp³-hybridized carbons (Fsp3) is 0.385. The summed E-state index contributed by atoms with van der Waals surface area (Å²) in [6.07, 6.45) is 0. The summed E-state index contributed by atoms with van der Waals surface area (Å²) in [7, 11) is 0. The average Bonchev–Trinajstić information content (AvgIpc) is 2.20. The first-order valence-electron chi connectivity index (χ1n) is 5.92. The lowest BCUT2D eigenvalue weighted by Crippen LogP contribution is -2.47. The van der Waals surface area contributed by atoms with E-state index in [9.17, 15) is 0 Å². The molecule has 0 fully saturated rings. The molecule has 1 aliphatic rings. The van der Waals surface area contributed by atoms with Crippen LogP contribution in [0.2, 0.25) is 0 Å². The largest absolute Gasteiger partial charge is 0.370 e. The molecule has 0 atom stereocenters. The van der Waals surface area contributed by atoms with E-state index in [2.05, 4.69) is 46.6 Å². The molecule has 0 saturated heterocycles. The van der Waals surface area contributed by atoms with Crippen molar-refractivity contribution in [3.8, 4) is 0 Å². The second-order valence-corrected chi connectivity index (χ2v) is 5.00. The van der Waals surface area contributed by atoms with Gasteiger partial charge in [0.15, 0.2) is 11.6 Å². The zero-order valence-corrected chi connectivity index (χ0v) is 11.2. The molecule has 0 radical (unpaired) electrons. The molecule has 1 heterocycles. The summed E-state index contributed by atoms with van der Waals surface area (Å²) < 4.78 is 0. The molecule has 0 spiro atoms. The third-order valence-electron chi connectivity index (χ3n) is 2.80. The van der Waals surface area contributed by atoms with Crippen LogP contribution in [0.1, 0.15) is 25.0 Å². The molecule has 18 heavy (non-hydrogen) atoms. The third kappa shape index (κ3) is 2.80. The van der Waals surface area contributed by atoms with Crippen LogP contribution >= 0.6 is 0 Å². The standard InChI is InChI=1S/C13H19N5/c1-8-5-6-10(7-9(8)2)15-12-16-11(14)17-13(3,4)18-12/h5-7H,1-4H3,(H4,14,15,16,17,18). The van der Waals surface area contributed by atoms with Gasteiger partial charge in [0.25, 0.3) is 0 Å². The Morgan fingerprint density at radius 3 is 2.50 bits per heavy atom. The highest BCUT2D eigenvalue weighted by Crippen LogP contribution is 2.17. The minimum Gasteiger partial charge on any atom is -0.370 e. The van der Waals surface area contributed by atoms with Crippen LogP contribution in [0.5, 0.6) is 0 Å². The van der Waals surface area contributed by atoms with Crippen LogP contribution in [0.25, 0.3) is 0 Å². The Kier molecular flexibility index (Phi) is 2.98. The Balaban J connectivity index is 2.19. The number of anilines is 1. The Hall–Kier alpha value is -2.04. The number of hydrogen-bond acceptors (Lipinski definition) is 5. The molecule has 0 bridgehead atoms. The van der Waals surface area contributed by atoms with Gasteiger partial charge >= 0.3 is 0 Å². The molecule has 4 N–H and O–H groups in total. The van der Waals surface area contributed by atoms with Gasteiger partial charge in [-0.25, -0.2) is 9.98 Å². The number of hydrogen-bond donors (Lipinski definition) is 3. The molecular weight excluding hydrogens is 226 g/mol. The molecule has 0 aromatic heterocycles. The van der Waals surface area contributed by atoms with Gasteiger partial charge in [-0.1, -0.05) is 6.07 Å². The monoisotopic (exact) mass is 245 g/mol. The van der Waals surface area contributed by atoms with E-state index >= 15 is 0 Å². The molecule has 0 aliphatic carbocycles. The molecule has 1 aliphatic heterocycles. The molecule has 2 rings (SSSR count). The first kappa shape index (κ1) is 12.4. The van der Waals surface area contributed by atoms with Gasteiger partial charge in [-0.2, -0.15) is 0 Å². The van der Waals surface area contributed by atoms with E-state index in [0.717, 1.165) is 5.69 Å². The van der Waals surface area contributed by atoms with Crippen molar-refractivity contribution < 1.29 is 0 Å². The van der Waals surface area contributed by atoms with Crippen LogP contribution in [-0.2, 0) is 0 Å². The second kappa shape index (κ2) is 4.33. The number of nitrogens with one attached hydrogen (secondary N) is 2. The van der Waals surface area contributed by atoms with Gasteiger partial charge in [0.05, 0.1) is 0 Å². The highest BCUT2D eigenvalue weighted by molar-refractivity contribution is 6.06. The normalized spacial score (nSPS) is 17.6. The Morgan fingerprint density at radius 2 is 1.89 bits per heavy atom. The first-order chi connectivity index (χ1) is 8.35. The number of rotatable bonds is 1. The smallest absolute Gasteiger partial charge is 0.205 e. The van der Waals surface area contributed by atoms with Gasteiger partial charge in [-0.15, -0.1) is 0 Å². The number of aliphatic imine (C=N–C) groups is 2. The zero-order chi connectivity index (χ0) is 13.3. The van der Waals surface area contributed by atoms with E-state index in [1.807, 2.05) is 19.9 Å². The number of aryl methyl sites for hydroxylation is 2. The number of guanidine groups is 2. The maximum atomic E-state index is 5.73. The van der Waals surface area contributed by atoms with E-state index < -0.39 is 5.66 Å². The van der Waals surface area contributed by atoms with Crippen molar-refractivity contribution in [3.05, 3.63) is 29.3 Å². The molecule has 1 aromatic rings. The van der Waals surface area contributed by atoms with Crippen LogP contribution in [0.15, 0.2) is 28.2 Å². The van der Waals surface area contributed by atoms with Gasteiger partial charge in [-0.3, -0.25) is 5.32 Å². The van der Waals surface area contributed by atoms with Crippen molar-refractivity contribution in [2.24, 2.45) is 15.7 Å². The van der Waals surface area contributed by atoms with Crippen LogP contribution in [0, 0.1) is 13.8 Å². The lowest BCUT2D eigenvalue weighted by atomic mass is 10.1. The zero-order valence-electron chi connectivity index (χ0n) is 11.2. The van der Waals surface area contributed by atoms with Crippen LogP contribution in [-0.4, -0.2) is 17.6 Å². The van der Waals surface area contributed by atoms with E-state index in [1.165, 1.54) is 11.1 Å². The Morgan fingerprint density at radius 1 is 1.17 bits per heavy atom. The fourth-order valence-corrected chi connectivity index (χ4v) is 1.79. The van der Waals surface area contributed by atoms with E-state index in [1.54, 1.807) is 0 Å². The van der Waals surface area contributed by atoms with Gasteiger partial charge in [-0.05, 0) is 51.0 Å². The average molecular weight is 245 g/mol. The summed E-state index contributed by atoms with van der Waals surface area (Å²) in [5.74, 6) is 0.997. The molecular formula is C13H19N5. The highest BCUT2D eigenvalue weighted by Gasteiger charge is 2.21. The van der Waals surface area contributed by atoms with Crippen LogP contribution in [0.3, 0.4) is 0 Å². The molecule has 0 amide bonds. The lowest BCUT2D eigenvalue weighted by molar-refractivity contribution is 0.541. The Bertz CT molecular complexity index is 528. The molecule has 1 aromatic carbocycles. The van der Waals surface area contributed by atoms with E-state index in [0.29, 0.717) is 11.9 Å². The lowest BCUT2D eigenvalue weighted by Gasteiger charge is -2.24. The van der Waals surface area contributed by atoms with Crippen molar-refractivity contribution >= 4 is 17.6 Å². The van der Waals surface area contributed by atoms with E-state index in [-0.39, 0.29) is 0 Å². The van der Waals surface area contributed by atoms with Gasteiger partial charge in [0.1, 0.15) is 0 Å². The van der Waals surface area contributed by atoms with Crippen molar-refractivity contribution in [1.29, 1.82) is 0 Å². The number of nitrogens with zero attached hydrogens (tertiary/aromatic N) is 2. The predicted molar refractivity (Wildman–Crippen MR) is 75.8 cm³/mol. The maximum absolute atomic E-state index is 5.73. The fourth-order valence-electron chi connectivity index (χ4n) is 1.79. The molecule has 5 heteroatoms. The van der Waals surface area contributed by atoms with E-state index in [4.69, 9.17) is 5.73 Å². The summed E-state index contributed by atoms with van der Waals surface area (Å²) in [6.45, 7) is 7.98. The maximum Gasteiger partial charge on any atom is 0.205 e. The highest BCUT2D eigenvalue weighted by atomic mass is 15.3. The van der Waals surface area contributed by atoms with Gasteiger partial charge in [0, 0.05) is 5.69 Å². The summed E-state index contributed by atoms with van der Waals surface area (Å²) >= 11 is 0. The summed E-state index contributed by atoms with van der Waals surface area (Å²) in [5, 5.41) is 6.13. The summed E-state index contributed by atoms with van der Waals surface area (Å²) in [6, 6.07) is 6.17. The molecule has 0 unspecified atom stereocenters. The predicted octanol–water partition coefficient (Wildman–Crippen LogP) is 1.73. The van der Waals surface area contributed by atoms with Crippen molar-refractivity contribution in [2.75, 3.05) is 5.32 Å². The topological polar surface area (TPSA) is 74.8 Å². The summed E-state index contributed by atoms with van der Waals surface area (Å²) in [4.78, 5) is 8.63. The summed E-state index contributed by atoms with van der Waals surface area (Å²) in [5.41, 5.74) is 8.68. The minimum atomic E-state index is -0.530. The molecule has 96 valence electrons.